The lowest BCUT2D eigenvalue weighted by molar-refractivity contribution is -0.00853. The Balaban J connectivity index is 1.16. The van der Waals surface area contributed by atoms with Crippen LogP contribution in [-0.2, 0) is 21.5 Å². The van der Waals surface area contributed by atoms with Gasteiger partial charge in [-0.3, -0.25) is 10.3 Å². The van der Waals surface area contributed by atoms with Crippen LogP contribution in [0.2, 0.25) is 0 Å². The summed E-state index contributed by atoms with van der Waals surface area (Å²) in [6.45, 7) is 4.04. The highest BCUT2D eigenvalue weighted by molar-refractivity contribution is 5.95. The molecule has 1 saturated heterocycles. The average Bonchev–Trinajstić information content (AvgIpc) is 3.31. The number of piperidine rings is 1. The molecule has 37 heavy (non-hydrogen) atoms. The number of carbonyl (C=O) groups is 1. The number of hydrogen-bond donors (Lipinski definition) is 1. The second kappa shape index (κ2) is 9.44. The van der Waals surface area contributed by atoms with Gasteiger partial charge in [0.25, 0.3) is 0 Å². The number of carbonyl (C=O) groups excluding carboxylic acids is 1. The van der Waals surface area contributed by atoms with Crippen molar-refractivity contribution in [1.29, 1.82) is 0 Å². The maximum atomic E-state index is 12.2. The third-order valence-corrected chi connectivity index (χ3v) is 7.16. The van der Waals surface area contributed by atoms with E-state index in [9.17, 15) is 4.79 Å². The Bertz CT molecular complexity index is 1380. The lowest BCUT2D eigenvalue weighted by Crippen LogP contribution is -2.48. The van der Waals surface area contributed by atoms with Gasteiger partial charge in [0.15, 0.2) is 0 Å². The first-order chi connectivity index (χ1) is 18.0. The monoisotopic (exact) mass is 500 g/mol. The van der Waals surface area contributed by atoms with E-state index >= 15 is 0 Å². The Morgan fingerprint density at radius 1 is 1.16 bits per heavy atom. The standard InChI is InChI=1S/C27H28N6O4/c1-17-12-20(14-18-13-19(5-11-35-2)31-24(17)18)36-23-15-22(29-16-30-23)33-9-6-27(7-10-33)21-4-3-8-28-25(21)32-26(34)37-27/h3-4,8,12,14-16H,5-7,9-11,13H2,1-2H3,(H,28,32,34). The number of aromatic nitrogens is 3. The number of hydrogen-bond acceptors (Lipinski definition) is 9. The minimum Gasteiger partial charge on any atom is -0.439 e. The fourth-order valence-corrected chi connectivity index (χ4v) is 5.33. The molecule has 2 aromatic heterocycles. The Hall–Kier alpha value is -4.05. The van der Waals surface area contributed by atoms with Crippen LogP contribution in [-0.4, -0.2) is 53.6 Å². The number of anilines is 2. The van der Waals surface area contributed by atoms with Crippen LogP contribution < -0.4 is 15.0 Å². The normalized spacial score (nSPS) is 17.5. The van der Waals surface area contributed by atoms with Crippen LogP contribution in [0, 0.1) is 6.92 Å². The van der Waals surface area contributed by atoms with E-state index < -0.39 is 11.7 Å². The van der Waals surface area contributed by atoms with Crippen LogP contribution in [0.15, 0.2) is 47.8 Å². The highest BCUT2D eigenvalue weighted by Gasteiger charge is 2.45. The molecular weight excluding hydrogens is 472 g/mol. The lowest BCUT2D eigenvalue weighted by atomic mass is 9.83. The molecule has 0 radical (unpaired) electrons. The first-order valence-electron chi connectivity index (χ1n) is 12.4. The molecule has 5 heterocycles. The minimum absolute atomic E-state index is 0.460. The van der Waals surface area contributed by atoms with E-state index in [2.05, 4.69) is 25.2 Å². The van der Waals surface area contributed by atoms with Crippen LogP contribution in [0.1, 0.15) is 36.0 Å². The molecule has 190 valence electrons. The van der Waals surface area contributed by atoms with E-state index in [0.29, 0.717) is 44.2 Å². The van der Waals surface area contributed by atoms with Crippen LogP contribution in [0.4, 0.5) is 22.1 Å². The van der Waals surface area contributed by atoms with Crippen LogP contribution in [0.3, 0.4) is 0 Å². The molecule has 0 unspecified atom stereocenters. The van der Waals surface area contributed by atoms with Gasteiger partial charge in [0.05, 0.1) is 12.3 Å². The largest absolute Gasteiger partial charge is 0.439 e. The fraction of sp³-hybridized carbons (Fsp3) is 0.370. The minimum atomic E-state index is -0.680. The number of nitrogens with zero attached hydrogens (tertiary/aromatic N) is 5. The van der Waals surface area contributed by atoms with Crippen LogP contribution >= 0.6 is 0 Å². The number of amides is 1. The van der Waals surface area contributed by atoms with Crippen molar-refractivity contribution in [2.24, 2.45) is 4.99 Å². The van der Waals surface area contributed by atoms with Crippen molar-refractivity contribution in [2.45, 2.75) is 38.2 Å². The lowest BCUT2D eigenvalue weighted by Gasteiger charge is -2.44. The van der Waals surface area contributed by atoms with E-state index in [-0.39, 0.29) is 0 Å². The molecule has 3 aliphatic heterocycles. The Labute approximate surface area is 214 Å². The van der Waals surface area contributed by atoms with Crippen molar-refractivity contribution in [3.63, 3.8) is 0 Å². The zero-order valence-corrected chi connectivity index (χ0v) is 20.9. The quantitative estimate of drug-likeness (QED) is 0.519. The molecule has 1 spiro atoms. The van der Waals surface area contributed by atoms with E-state index in [1.54, 1.807) is 13.3 Å². The Kier molecular flexibility index (Phi) is 5.96. The summed E-state index contributed by atoms with van der Waals surface area (Å²) in [5.74, 6) is 2.55. The van der Waals surface area contributed by atoms with Gasteiger partial charge in [0.1, 0.15) is 29.3 Å². The molecule has 0 bridgehead atoms. The number of nitrogens with one attached hydrogen (secondary N) is 1. The summed E-state index contributed by atoms with van der Waals surface area (Å²) in [6, 6.07) is 9.72. The molecule has 0 aliphatic carbocycles. The summed E-state index contributed by atoms with van der Waals surface area (Å²) in [7, 11) is 1.70. The summed E-state index contributed by atoms with van der Waals surface area (Å²) in [5.41, 5.74) is 4.62. The first kappa shape index (κ1) is 23.4. The fourth-order valence-electron chi connectivity index (χ4n) is 5.33. The summed E-state index contributed by atoms with van der Waals surface area (Å²) in [4.78, 5) is 32.3. The van der Waals surface area contributed by atoms with Gasteiger partial charge in [-0.15, -0.1) is 0 Å². The predicted octanol–water partition coefficient (Wildman–Crippen LogP) is 4.70. The number of benzene rings is 1. The maximum Gasteiger partial charge on any atom is 0.413 e. The average molecular weight is 501 g/mol. The Morgan fingerprint density at radius 3 is 2.86 bits per heavy atom. The zero-order valence-electron chi connectivity index (χ0n) is 20.9. The van der Waals surface area contributed by atoms with Crippen molar-refractivity contribution >= 4 is 29.1 Å². The molecule has 6 rings (SSSR count). The molecule has 3 aliphatic rings. The number of aliphatic imine (C=N–C) groups is 1. The summed E-state index contributed by atoms with van der Waals surface area (Å²) in [6.07, 6.45) is 5.63. The number of aryl methyl sites for hydroxylation is 1. The second-order valence-electron chi connectivity index (χ2n) is 9.56. The molecule has 3 aromatic rings. The highest BCUT2D eigenvalue weighted by atomic mass is 16.6. The van der Waals surface area contributed by atoms with Crippen LogP contribution in [0.5, 0.6) is 11.6 Å². The Morgan fingerprint density at radius 2 is 2.03 bits per heavy atom. The third kappa shape index (κ3) is 4.48. The van der Waals surface area contributed by atoms with Crippen molar-refractivity contribution in [3.05, 3.63) is 59.5 Å². The van der Waals surface area contributed by atoms with Gasteiger partial charge in [-0.05, 0) is 42.3 Å². The third-order valence-electron chi connectivity index (χ3n) is 7.16. The first-order valence-corrected chi connectivity index (χ1v) is 12.4. The summed E-state index contributed by atoms with van der Waals surface area (Å²) < 4.78 is 17.2. The van der Waals surface area contributed by atoms with Crippen LogP contribution in [0.25, 0.3) is 0 Å². The van der Waals surface area contributed by atoms with E-state index in [1.807, 2.05) is 37.3 Å². The molecule has 10 heteroatoms. The van der Waals surface area contributed by atoms with Crippen molar-refractivity contribution in [1.82, 2.24) is 15.0 Å². The SMILES string of the molecule is COCCC1=Nc2c(C)cc(Oc3cc(N4CCC5(CC4)OC(=O)Nc4ncccc45)ncn3)cc2C1. The van der Waals surface area contributed by atoms with E-state index in [4.69, 9.17) is 19.2 Å². The van der Waals surface area contributed by atoms with Crippen molar-refractivity contribution < 1.29 is 19.0 Å². The van der Waals surface area contributed by atoms with Gasteiger partial charge in [-0.1, -0.05) is 0 Å². The maximum absolute atomic E-state index is 12.2. The number of fused-ring (bicyclic) bond motifs is 3. The van der Waals surface area contributed by atoms with Gasteiger partial charge in [0.2, 0.25) is 5.88 Å². The number of rotatable bonds is 6. The molecule has 1 aromatic carbocycles. The van der Waals surface area contributed by atoms with E-state index in [0.717, 1.165) is 52.5 Å². The summed E-state index contributed by atoms with van der Waals surface area (Å²) in [5, 5.41) is 2.70. The molecule has 1 N–H and O–H groups in total. The van der Waals surface area contributed by atoms with Gasteiger partial charge in [-0.25, -0.2) is 19.7 Å². The summed E-state index contributed by atoms with van der Waals surface area (Å²) >= 11 is 0. The number of pyridine rings is 1. The highest BCUT2D eigenvalue weighted by Crippen LogP contribution is 2.43. The topological polar surface area (TPSA) is 111 Å². The van der Waals surface area contributed by atoms with Gasteiger partial charge < -0.3 is 19.1 Å². The molecular formula is C27H28N6O4. The molecule has 1 amide bonds. The van der Waals surface area contributed by atoms with Gasteiger partial charge in [0, 0.05) is 69.4 Å². The second-order valence-corrected chi connectivity index (χ2v) is 9.56. The number of methoxy groups -OCH3 is 1. The molecule has 0 atom stereocenters. The molecule has 10 nitrogen and oxygen atoms in total. The van der Waals surface area contributed by atoms with Gasteiger partial charge >= 0.3 is 6.09 Å². The molecule has 0 saturated carbocycles. The predicted molar refractivity (Wildman–Crippen MR) is 138 cm³/mol. The zero-order chi connectivity index (χ0) is 25.4. The van der Waals surface area contributed by atoms with Crippen molar-refractivity contribution in [2.75, 3.05) is 37.0 Å². The van der Waals surface area contributed by atoms with Crippen molar-refractivity contribution in [3.8, 4) is 11.6 Å². The van der Waals surface area contributed by atoms with Gasteiger partial charge in [-0.2, -0.15) is 0 Å². The molecule has 1 fully saturated rings. The van der Waals surface area contributed by atoms with E-state index in [1.165, 1.54) is 6.33 Å². The smallest absolute Gasteiger partial charge is 0.413 e. The number of ether oxygens (including phenoxy) is 3.